The number of aromatic carboxylic acids is 1. The minimum Gasteiger partial charge on any atom is -0.483 e. The summed E-state index contributed by atoms with van der Waals surface area (Å²) in [6, 6.07) is 6.10. The Bertz CT molecular complexity index is 424. The van der Waals surface area contributed by atoms with Crippen molar-refractivity contribution in [1.29, 1.82) is 0 Å². The molecular formula is C14H18O5. The molecular weight excluding hydrogens is 248 g/mol. The summed E-state index contributed by atoms with van der Waals surface area (Å²) >= 11 is 0. The molecule has 1 atom stereocenters. The van der Waals surface area contributed by atoms with E-state index >= 15 is 0 Å². The minimum absolute atomic E-state index is 0.127. The van der Waals surface area contributed by atoms with E-state index in [0.717, 1.165) is 12.8 Å². The summed E-state index contributed by atoms with van der Waals surface area (Å²) in [7, 11) is 3.25. The number of carboxylic acids is 1. The molecule has 1 aliphatic carbocycles. The summed E-state index contributed by atoms with van der Waals surface area (Å²) < 4.78 is 9.73. The summed E-state index contributed by atoms with van der Waals surface area (Å²) in [5.41, 5.74) is 0.213. The number of hydrogen-bond acceptors (Lipinski definition) is 4. The quantitative estimate of drug-likeness (QED) is 0.907. The van der Waals surface area contributed by atoms with E-state index in [1.807, 2.05) is 0 Å². The van der Waals surface area contributed by atoms with E-state index in [9.17, 15) is 9.59 Å². The molecule has 19 heavy (non-hydrogen) atoms. The van der Waals surface area contributed by atoms with Gasteiger partial charge >= 0.3 is 5.97 Å². The van der Waals surface area contributed by atoms with Crippen molar-refractivity contribution in [2.75, 3.05) is 14.2 Å². The number of carbonyl (C=O) groups is 2. The Morgan fingerprint density at radius 1 is 1.26 bits per heavy atom. The first kappa shape index (κ1) is 15.2. The average molecular weight is 266 g/mol. The lowest BCUT2D eigenvalue weighted by atomic mass is 10.2. The third-order valence-electron chi connectivity index (χ3n) is 2.63. The van der Waals surface area contributed by atoms with Crippen LogP contribution in [0, 0.1) is 0 Å². The third kappa shape index (κ3) is 4.71. The number of rotatable bonds is 3. The van der Waals surface area contributed by atoms with Crippen LogP contribution >= 0.6 is 0 Å². The van der Waals surface area contributed by atoms with Crippen LogP contribution in [0.15, 0.2) is 24.3 Å². The Hall–Kier alpha value is -1.88. The Labute approximate surface area is 112 Å². The van der Waals surface area contributed by atoms with E-state index < -0.39 is 5.97 Å². The van der Waals surface area contributed by atoms with Crippen LogP contribution in [-0.2, 0) is 9.53 Å². The molecule has 0 amide bonds. The first-order valence-corrected chi connectivity index (χ1v) is 6.01. The van der Waals surface area contributed by atoms with E-state index in [1.54, 1.807) is 26.4 Å². The van der Waals surface area contributed by atoms with Crippen molar-refractivity contribution in [3.05, 3.63) is 29.8 Å². The first-order valence-electron chi connectivity index (χ1n) is 6.01. The fraction of sp³-hybridized carbons (Fsp3) is 0.429. The maximum Gasteiger partial charge on any atom is 0.335 e. The molecule has 0 spiro atoms. The number of carbonyl (C=O) groups excluding carboxylic acids is 1. The van der Waals surface area contributed by atoms with Crippen LogP contribution in [0.2, 0.25) is 0 Å². The van der Waals surface area contributed by atoms with Gasteiger partial charge in [-0.15, -0.1) is 0 Å². The molecule has 1 aromatic carbocycles. The van der Waals surface area contributed by atoms with Gasteiger partial charge in [0, 0.05) is 20.6 Å². The van der Waals surface area contributed by atoms with Crippen LogP contribution in [0.3, 0.4) is 0 Å². The van der Waals surface area contributed by atoms with Gasteiger partial charge in [-0.05, 0) is 37.1 Å². The highest BCUT2D eigenvalue weighted by Crippen LogP contribution is 2.21. The monoisotopic (exact) mass is 266 g/mol. The van der Waals surface area contributed by atoms with Crippen molar-refractivity contribution in [3.8, 4) is 5.75 Å². The smallest absolute Gasteiger partial charge is 0.335 e. The van der Waals surface area contributed by atoms with Crippen LogP contribution < -0.4 is 4.74 Å². The lowest BCUT2D eigenvalue weighted by molar-refractivity contribution is -0.123. The van der Waals surface area contributed by atoms with Crippen molar-refractivity contribution in [2.45, 2.75) is 25.4 Å². The maximum atomic E-state index is 11.3. The Morgan fingerprint density at radius 2 is 1.84 bits per heavy atom. The van der Waals surface area contributed by atoms with Crippen LogP contribution in [-0.4, -0.2) is 37.2 Å². The highest BCUT2D eigenvalue weighted by molar-refractivity contribution is 5.87. The molecule has 1 aromatic rings. The van der Waals surface area contributed by atoms with Gasteiger partial charge in [0.1, 0.15) is 5.75 Å². The summed E-state index contributed by atoms with van der Waals surface area (Å²) in [5, 5.41) is 8.71. The van der Waals surface area contributed by atoms with Crippen LogP contribution in [0.25, 0.3) is 0 Å². The van der Waals surface area contributed by atoms with Crippen molar-refractivity contribution >= 4 is 11.8 Å². The average Bonchev–Trinajstić information content (AvgIpc) is 2.77. The topological polar surface area (TPSA) is 72.8 Å². The van der Waals surface area contributed by atoms with Gasteiger partial charge in [0.2, 0.25) is 0 Å². The number of ether oxygens (including phenoxy) is 2. The molecule has 0 heterocycles. The predicted octanol–water partition coefficient (Wildman–Crippen LogP) is 2.15. The third-order valence-corrected chi connectivity index (χ3v) is 2.63. The van der Waals surface area contributed by atoms with Gasteiger partial charge in [0.15, 0.2) is 11.9 Å². The first-order chi connectivity index (χ1) is 9.08. The molecule has 0 radical (unpaired) electrons. The molecule has 1 N–H and O–H groups in total. The van der Waals surface area contributed by atoms with E-state index in [4.69, 9.17) is 9.84 Å². The second kappa shape index (κ2) is 7.53. The molecule has 1 saturated carbocycles. The van der Waals surface area contributed by atoms with Gasteiger partial charge in [0.05, 0.1) is 5.56 Å². The number of benzene rings is 1. The molecule has 0 saturated heterocycles. The maximum absolute atomic E-state index is 11.3. The number of hydrogen-bond donors (Lipinski definition) is 1. The molecule has 1 fully saturated rings. The lowest BCUT2D eigenvalue weighted by Gasteiger charge is -2.11. The second-order valence-corrected chi connectivity index (χ2v) is 4.20. The normalized spacial score (nSPS) is 17.6. The van der Waals surface area contributed by atoms with Crippen molar-refractivity contribution < 1.29 is 24.2 Å². The van der Waals surface area contributed by atoms with Crippen molar-refractivity contribution in [2.24, 2.45) is 0 Å². The molecule has 5 heteroatoms. The number of methoxy groups -OCH3 is 1. The van der Waals surface area contributed by atoms with E-state index in [0.29, 0.717) is 12.2 Å². The van der Waals surface area contributed by atoms with Crippen molar-refractivity contribution in [3.63, 3.8) is 0 Å². The fourth-order valence-electron chi connectivity index (χ4n) is 1.75. The molecule has 2 rings (SSSR count). The Balaban J connectivity index is 0.000000550. The van der Waals surface area contributed by atoms with Gasteiger partial charge in [-0.2, -0.15) is 0 Å². The Kier molecular flexibility index (Phi) is 6.02. The van der Waals surface area contributed by atoms with Crippen molar-refractivity contribution in [1.82, 2.24) is 0 Å². The molecule has 5 nitrogen and oxygen atoms in total. The zero-order valence-corrected chi connectivity index (χ0v) is 11.1. The van der Waals surface area contributed by atoms with E-state index in [2.05, 4.69) is 4.74 Å². The molecule has 0 bridgehead atoms. The lowest BCUT2D eigenvalue weighted by Crippen LogP contribution is -2.20. The summed E-state index contributed by atoms with van der Waals surface area (Å²) in [6.45, 7) is 0. The van der Waals surface area contributed by atoms with E-state index in [1.165, 1.54) is 12.1 Å². The molecule has 0 aromatic heterocycles. The van der Waals surface area contributed by atoms with Gasteiger partial charge in [0.25, 0.3) is 0 Å². The van der Waals surface area contributed by atoms with Gasteiger partial charge < -0.3 is 14.6 Å². The zero-order chi connectivity index (χ0) is 14.3. The number of ketones is 1. The predicted molar refractivity (Wildman–Crippen MR) is 69.6 cm³/mol. The fourth-order valence-corrected chi connectivity index (χ4v) is 1.75. The number of Topliss-reactive ketones (excluding diaryl/α,β-unsaturated/α-hetero) is 1. The summed E-state index contributed by atoms with van der Waals surface area (Å²) in [5.74, 6) is -0.295. The molecule has 0 aliphatic heterocycles. The van der Waals surface area contributed by atoms with Gasteiger partial charge in [-0.3, -0.25) is 4.79 Å². The van der Waals surface area contributed by atoms with Crippen LogP contribution in [0.4, 0.5) is 0 Å². The highest BCUT2D eigenvalue weighted by atomic mass is 16.5. The van der Waals surface area contributed by atoms with E-state index in [-0.39, 0.29) is 17.5 Å². The largest absolute Gasteiger partial charge is 0.483 e. The molecule has 1 aliphatic rings. The summed E-state index contributed by atoms with van der Waals surface area (Å²) in [4.78, 5) is 21.9. The minimum atomic E-state index is -0.969. The van der Waals surface area contributed by atoms with Gasteiger partial charge in [-0.25, -0.2) is 4.79 Å². The SMILES string of the molecule is COC.O=C(O)c1ccc(OC2CCCC2=O)cc1. The van der Waals surface area contributed by atoms with Crippen LogP contribution in [0.1, 0.15) is 29.6 Å². The highest BCUT2D eigenvalue weighted by Gasteiger charge is 2.25. The number of carboxylic acid groups (broad SMARTS) is 1. The molecule has 104 valence electrons. The van der Waals surface area contributed by atoms with Gasteiger partial charge in [-0.1, -0.05) is 0 Å². The zero-order valence-electron chi connectivity index (χ0n) is 11.1. The second-order valence-electron chi connectivity index (χ2n) is 4.20. The Morgan fingerprint density at radius 3 is 2.26 bits per heavy atom. The standard InChI is InChI=1S/C12H12O4.C2H6O/c13-10-2-1-3-11(10)16-9-6-4-8(5-7-9)12(14)15;1-3-2/h4-7,11H,1-3H2,(H,14,15);1-2H3. The van der Waals surface area contributed by atoms with Crippen LogP contribution in [0.5, 0.6) is 5.75 Å². The summed E-state index contributed by atoms with van der Waals surface area (Å²) in [6.07, 6.45) is 1.85. The molecule has 1 unspecified atom stereocenters.